The monoisotopic (exact) mass is 893 g/mol. The number of ether oxygens (including phenoxy) is 3. The number of allylic oxidation sites excluding steroid dienone is 12. The van der Waals surface area contributed by atoms with Crippen LogP contribution in [0.1, 0.15) is 265 Å². The van der Waals surface area contributed by atoms with Gasteiger partial charge >= 0.3 is 11.9 Å². The molecule has 0 aliphatic rings. The summed E-state index contributed by atoms with van der Waals surface area (Å²) in [6.07, 6.45) is 70.7. The van der Waals surface area contributed by atoms with Crippen molar-refractivity contribution in [3.8, 4) is 0 Å². The van der Waals surface area contributed by atoms with Crippen molar-refractivity contribution in [2.45, 2.75) is 271 Å². The first-order valence-electron chi connectivity index (χ1n) is 27.5. The van der Waals surface area contributed by atoms with E-state index < -0.39 is 6.10 Å². The van der Waals surface area contributed by atoms with Crippen LogP contribution in [0.15, 0.2) is 72.9 Å². The van der Waals surface area contributed by atoms with Gasteiger partial charge in [-0.1, -0.05) is 241 Å². The van der Waals surface area contributed by atoms with Crippen LogP contribution in [-0.4, -0.2) is 37.9 Å². The molecule has 0 radical (unpaired) electrons. The van der Waals surface area contributed by atoms with Crippen molar-refractivity contribution in [1.82, 2.24) is 0 Å². The van der Waals surface area contributed by atoms with Crippen LogP contribution in [0.3, 0.4) is 0 Å². The molecule has 0 unspecified atom stereocenters. The van der Waals surface area contributed by atoms with E-state index in [0.717, 1.165) is 64.2 Å². The fraction of sp³-hybridized carbons (Fsp3) is 0.763. The van der Waals surface area contributed by atoms with Gasteiger partial charge in [-0.3, -0.25) is 9.59 Å². The predicted octanol–water partition coefficient (Wildman–Crippen LogP) is 18.7. The molecule has 0 aromatic rings. The minimum atomic E-state index is -0.579. The Labute approximate surface area is 397 Å². The highest BCUT2D eigenvalue weighted by molar-refractivity contribution is 5.70. The molecule has 0 fully saturated rings. The molecule has 0 aromatic carbocycles. The second-order valence-corrected chi connectivity index (χ2v) is 18.1. The van der Waals surface area contributed by atoms with E-state index in [9.17, 15) is 9.59 Å². The SMILES string of the molecule is CCCCC/C=C\C/C=C\C/C=C\C/C=C\C/C=C\CCC(=O)O[C@H](COCCCCCCCCCCCCCCCCCC)COC(=O)CCCCCCC/C=C\CCCCCC. The lowest BCUT2D eigenvalue weighted by Crippen LogP contribution is -2.30. The van der Waals surface area contributed by atoms with Gasteiger partial charge in [0.25, 0.3) is 0 Å². The summed E-state index contributed by atoms with van der Waals surface area (Å²) in [5.74, 6) is -0.495. The maximum Gasteiger partial charge on any atom is 0.306 e. The molecule has 0 aliphatic carbocycles. The molecule has 0 heterocycles. The lowest BCUT2D eigenvalue weighted by Gasteiger charge is -2.18. The van der Waals surface area contributed by atoms with E-state index in [4.69, 9.17) is 14.2 Å². The Morgan fingerprint density at radius 1 is 0.344 bits per heavy atom. The first kappa shape index (κ1) is 61.3. The van der Waals surface area contributed by atoms with Crippen molar-refractivity contribution in [2.75, 3.05) is 19.8 Å². The minimum Gasteiger partial charge on any atom is -0.462 e. The quantitative estimate of drug-likeness (QED) is 0.0346. The zero-order valence-electron chi connectivity index (χ0n) is 42.5. The van der Waals surface area contributed by atoms with Crippen LogP contribution in [0.5, 0.6) is 0 Å². The fourth-order valence-electron chi connectivity index (χ4n) is 7.61. The summed E-state index contributed by atoms with van der Waals surface area (Å²) in [5, 5.41) is 0. The largest absolute Gasteiger partial charge is 0.462 e. The third-order valence-corrected chi connectivity index (χ3v) is 11.7. The molecule has 0 saturated heterocycles. The third kappa shape index (κ3) is 52.0. The third-order valence-electron chi connectivity index (χ3n) is 11.7. The number of rotatable bonds is 50. The average molecular weight is 893 g/mol. The minimum absolute atomic E-state index is 0.0518. The number of unbranched alkanes of at least 4 members (excludes halogenated alkanes) is 27. The smallest absolute Gasteiger partial charge is 0.306 e. The molecule has 5 heteroatoms. The van der Waals surface area contributed by atoms with Gasteiger partial charge in [0.15, 0.2) is 6.10 Å². The van der Waals surface area contributed by atoms with Crippen LogP contribution in [0.4, 0.5) is 0 Å². The highest BCUT2D eigenvalue weighted by atomic mass is 16.6. The molecule has 370 valence electrons. The normalized spacial score (nSPS) is 12.7. The van der Waals surface area contributed by atoms with E-state index >= 15 is 0 Å². The second-order valence-electron chi connectivity index (χ2n) is 18.1. The lowest BCUT2D eigenvalue weighted by atomic mass is 10.0. The van der Waals surface area contributed by atoms with Gasteiger partial charge in [-0.25, -0.2) is 0 Å². The van der Waals surface area contributed by atoms with E-state index in [-0.39, 0.29) is 25.2 Å². The Balaban J connectivity index is 4.38. The van der Waals surface area contributed by atoms with Crippen molar-refractivity contribution in [1.29, 1.82) is 0 Å². The summed E-state index contributed by atoms with van der Waals surface area (Å²) in [6.45, 7) is 7.73. The van der Waals surface area contributed by atoms with Crippen molar-refractivity contribution in [3.63, 3.8) is 0 Å². The summed E-state index contributed by atoms with van der Waals surface area (Å²) < 4.78 is 17.4. The first-order valence-corrected chi connectivity index (χ1v) is 27.5. The highest BCUT2D eigenvalue weighted by Crippen LogP contribution is 2.15. The number of hydrogen-bond acceptors (Lipinski definition) is 5. The van der Waals surface area contributed by atoms with E-state index in [1.54, 1.807) is 0 Å². The van der Waals surface area contributed by atoms with Crippen molar-refractivity contribution >= 4 is 11.9 Å². The molecule has 0 N–H and O–H groups in total. The Bertz CT molecular complexity index is 1150. The van der Waals surface area contributed by atoms with E-state index in [1.165, 1.54) is 161 Å². The van der Waals surface area contributed by atoms with Crippen LogP contribution >= 0.6 is 0 Å². The summed E-state index contributed by atoms with van der Waals surface area (Å²) >= 11 is 0. The Morgan fingerprint density at radius 2 is 0.688 bits per heavy atom. The van der Waals surface area contributed by atoms with Crippen LogP contribution < -0.4 is 0 Å². The molecule has 0 saturated carbocycles. The van der Waals surface area contributed by atoms with Crippen LogP contribution in [0.2, 0.25) is 0 Å². The maximum atomic E-state index is 12.8. The molecule has 0 bridgehead atoms. The Morgan fingerprint density at radius 3 is 1.17 bits per heavy atom. The van der Waals surface area contributed by atoms with Crippen LogP contribution in [0.25, 0.3) is 0 Å². The standard InChI is InChI=1S/C59H104O5/c1-4-7-10-13-16-19-22-25-27-29-30-31-32-35-38-41-44-47-50-53-59(61)64-57(56-63-58(60)52-49-46-43-40-37-34-24-21-18-15-12-9-6-3)55-62-54-51-48-45-42-39-36-33-28-26-23-20-17-14-11-8-5-2/h16,19,21,24-25,27,30-31,35,38,44,47,57H,4-15,17-18,20,22-23,26,28-29,32-34,36-37,39-43,45-46,48-56H2,1-3H3/b19-16-,24-21-,27-25-,31-30-,38-35-,47-44-/t57-/m1/s1. The fourth-order valence-corrected chi connectivity index (χ4v) is 7.61. The zero-order valence-corrected chi connectivity index (χ0v) is 42.5. The molecular formula is C59H104O5. The Kier molecular flexibility index (Phi) is 52.4. The van der Waals surface area contributed by atoms with Gasteiger partial charge in [0.05, 0.1) is 6.61 Å². The zero-order chi connectivity index (χ0) is 46.3. The average Bonchev–Trinajstić information content (AvgIpc) is 3.30. The Hall–Kier alpha value is -2.66. The summed E-state index contributed by atoms with van der Waals surface area (Å²) in [7, 11) is 0. The van der Waals surface area contributed by atoms with Gasteiger partial charge in [-0.2, -0.15) is 0 Å². The van der Waals surface area contributed by atoms with Crippen LogP contribution in [0, 0.1) is 0 Å². The van der Waals surface area contributed by atoms with Crippen LogP contribution in [-0.2, 0) is 23.8 Å². The maximum absolute atomic E-state index is 12.8. The molecule has 1 atom stereocenters. The van der Waals surface area contributed by atoms with Gasteiger partial charge < -0.3 is 14.2 Å². The first-order chi connectivity index (χ1) is 31.6. The van der Waals surface area contributed by atoms with Gasteiger partial charge in [0.1, 0.15) is 6.61 Å². The number of carbonyl (C=O) groups is 2. The topological polar surface area (TPSA) is 61.8 Å². The molecule has 0 aromatic heterocycles. The van der Waals surface area contributed by atoms with Crippen molar-refractivity contribution in [2.24, 2.45) is 0 Å². The van der Waals surface area contributed by atoms with Gasteiger partial charge in [0.2, 0.25) is 0 Å². The summed E-state index contributed by atoms with van der Waals surface area (Å²) in [4.78, 5) is 25.4. The predicted molar refractivity (Wildman–Crippen MR) is 279 cm³/mol. The molecule has 0 amide bonds. The van der Waals surface area contributed by atoms with Gasteiger partial charge in [0, 0.05) is 19.4 Å². The molecule has 0 rings (SSSR count). The summed E-state index contributed by atoms with van der Waals surface area (Å²) in [5.41, 5.74) is 0. The summed E-state index contributed by atoms with van der Waals surface area (Å²) in [6, 6.07) is 0. The second kappa shape index (κ2) is 54.7. The van der Waals surface area contributed by atoms with Crippen molar-refractivity contribution in [3.05, 3.63) is 72.9 Å². The molecule has 0 spiro atoms. The number of carbonyl (C=O) groups excluding carboxylic acids is 2. The van der Waals surface area contributed by atoms with Crippen molar-refractivity contribution < 1.29 is 23.8 Å². The van der Waals surface area contributed by atoms with Gasteiger partial charge in [-0.05, 0) is 83.5 Å². The number of hydrogen-bond donors (Lipinski definition) is 0. The van der Waals surface area contributed by atoms with E-state index in [2.05, 4.69) is 87.6 Å². The highest BCUT2D eigenvalue weighted by Gasteiger charge is 2.17. The molecule has 5 nitrogen and oxygen atoms in total. The van der Waals surface area contributed by atoms with E-state index in [1.807, 2.05) is 6.08 Å². The molecular weight excluding hydrogens is 789 g/mol. The molecule has 64 heavy (non-hydrogen) atoms. The lowest BCUT2D eigenvalue weighted by molar-refractivity contribution is -0.162. The van der Waals surface area contributed by atoms with E-state index in [0.29, 0.717) is 25.9 Å². The van der Waals surface area contributed by atoms with Gasteiger partial charge in [-0.15, -0.1) is 0 Å². The molecule has 0 aliphatic heterocycles. The number of esters is 2.